The van der Waals surface area contributed by atoms with Crippen molar-refractivity contribution in [2.24, 2.45) is 5.92 Å². The molecule has 1 aromatic rings. The van der Waals surface area contributed by atoms with Gasteiger partial charge in [-0.05, 0) is 36.4 Å². The van der Waals surface area contributed by atoms with Crippen LogP contribution in [0.2, 0.25) is 0 Å². The lowest BCUT2D eigenvalue weighted by atomic mass is 9.76. The highest BCUT2D eigenvalue weighted by Crippen LogP contribution is 2.41. The Kier molecular flexibility index (Phi) is 6.11. The number of aliphatic hydroxyl groups is 1. The normalized spacial score (nSPS) is 29.5. The van der Waals surface area contributed by atoms with E-state index in [1.54, 1.807) is 0 Å². The van der Waals surface area contributed by atoms with Crippen LogP contribution in [0.5, 0.6) is 0 Å². The first-order valence-electron chi connectivity index (χ1n) is 10.5. The van der Waals surface area contributed by atoms with Crippen LogP contribution in [0.1, 0.15) is 64.0 Å². The third kappa shape index (κ3) is 4.49. The average Bonchev–Trinajstić information content (AvgIpc) is 2.79. The number of nitrogens with zero attached hydrogens (tertiary/aromatic N) is 2. The van der Waals surface area contributed by atoms with E-state index in [9.17, 15) is 5.11 Å². The summed E-state index contributed by atoms with van der Waals surface area (Å²) < 4.78 is 0. The minimum atomic E-state index is -0.670. The van der Waals surface area contributed by atoms with Gasteiger partial charge in [0.1, 0.15) is 0 Å². The summed E-state index contributed by atoms with van der Waals surface area (Å²) in [6, 6.07) is 8.85. The van der Waals surface area contributed by atoms with Crippen molar-refractivity contribution < 1.29 is 5.11 Å². The Hall–Kier alpha value is -0.900. The van der Waals surface area contributed by atoms with E-state index in [1.165, 1.54) is 18.4 Å². The highest BCUT2D eigenvalue weighted by molar-refractivity contribution is 5.31. The van der Waals surface area contributed by atoms with Gasteiger partial charge >= 0.3 is 0 Å². The highest BCUT2D eigenvalue weighted by Gasteiger charge is 2.40. The Morgan fingerprint density at radius 3 is 2.27 bits per heavy atom. The molecule has 0 spiro atoms. The lowest BCUT2D eigenvalue weighted by Crippen LogP contribution is -2.49. The minimum absolute atomic E-state index is 0.157. The number of rotatable bonds is 3. The third-order valence-electron chi connectivity index (χ3n) is 6.61. The summed E-state index contributed by atoms with van der Waals surface area (Å²) in [6.07, 6.45) is 5.68. The van der Waals surface area contributed by atoms with Gasteiger partial charge in [-0.25, -0.2) is 0 Å². The van der Waals surface area contributed by atoms with E-state index in [1.807, 2.05) is 0 Å². The largest absolute Gasteiger partial charge is 0.385 e. The van der Waals surface area contributed by atoms with Crippen molar-refractivity contribution >= 4 is 0 Å². The van der Waals surface area contributed by atoms with Crippen molar-refractivity contribution in [1.29, 1.82) is 0 Å². The molecular formula is C23H38N2O. The van der Waals surface area contributed by atoms with Gasteiger partial charge < -0.3 is 14.9 Å². The molecule has 26 heavy (non-hydrogen) atoms. The van der Waals surface area contributed by atoms with Crippen molar-refractivity contribution in [3.05, 3.63) is 35.4 Å². The maximum Gasteiger partial charge on any atom is 0.0936 e. The van der Waals surface area contributed by atoms with Gasteiger partial charge in [-0.2, -0.15) is 0 Å². The summed E-state index contributed by atoms with van der Waals surface area (Å²) in [4.78, 5) is 4.98. The standard InChI is InChI=1S/C23H38N2O/c1-22(2,3)19-9-11-20(12-10-19)23(26)13-7-5-6-8-21(23)18-25-16-14-24(4)15-17-25/h9-12,21,26H,5-8,13-18H2,1-4H3. The summed E-state index contributed by atoms with van der Waals surface area (Å²) >= 11 is 0. The molecule has 1 heterocycles. The Labute approximate surface area is 160 Å². The molecule has 0 amide bonds. The molecule has 2 atom stereocenters. The monoisotopic (exact) mass is 358 g/mol. The molecule has 0 radical (unpaired) electrons. The van der Waals surface area contributed by atoms with E-state index in [2.05, 4.69) is 61.9 Å². The molecule has 146 valence electrons. The third-order valence-corrected chi connectivity index (χ3v) is 6.61. The van der Waals surface area contributed by atoms with Crippen LogP contribution in [0.4, 0.5) is 0 Å². The fourth-order valence-electron chi connectivity index (χ4n) is 4.63. The van der Waals surface area contributed by atoms with Gasteiger partial charge in [-0.1, -0.05) is 64.3 Å². The van der Waals surface area contributed by atoms with E-state index in [-0.39, 0.29) is 5.41 Å². The van der Waals surface area contributed by atoms with Gasteiger partial charge in [0.15, 0.2) is 0 Å². The first-order chi connectivity index (χ1) is 12.3. The number of hydrogen-bond donors (Lipinski definition) is 1. The molecule has 0 aromatic heterocycles. The predicted molar refractivity (Wildman–Crippen MR) is 110 cm³/mol. The van der Waals surface area contributed by atoms with Crippen molar-refractivity contribution in [2.45, 2.75) is 63.9 Å². The molecule has 1 saturated heterocycles. The lowest BCUT2D eigenvalue weighted by Gasteiger charge is -2.41. The van der Waals surface area contributed by atoms with Gasteiger partial charge in [0, 0.05) is 38.6 Å². The number of piperazine rings is 1. The van der Waals surface area contributed by atoms with Crippen LogP contribution in [-0.2, 0) is 11.0 Å². The van der Waals surface area contributed by atoms with Gasteiger partial charge in [0.2, 0.25) is 0 Å². The summed E-state index contributed by atoms with van der Waals surface area (Å²) in [6.45, 7) is 12.3. The van der Waals surface area contributed by atoms with Crippen LogP contribution < -0.4 is 0 Å². The van der Waals surface area contributed by atoms with E-state index in [0.717, 1.165) is 57.5 Å². The molecule has 3 rings (SSSR count). The summed E-state index contributed by atoms with van der Waals surface area (Å²) in [5.41, 5.74) is 1.96. The number of hydrogen-bond acceptors (Lipinski definition) is 3. The first-order valence-corrected chi connectivity index (χ1v) is 10.5. The molecule has 3 heteroatoms. The van der Waals surface area contributed by atoms with Crippen molar-refractivity contribution in [3.63, 3.8) is 0 Å². The summed E-state index contributed by atoms with van der Waals surface area (Å²) in [5.74, 6) is 0.342. The van der Waals surface area contributed by atoms with Crippen LogP contribution >= 0.6 is 0 Å². The topological polar surface area (TPSA) is 26.7 Å². The predicted octanol–water partition coefficient (Wildman–Crippen LogP) is 4.00. The Balaban J connectivity index is 1.80. The molecule has 2 unspecified atom stereocenters. The number of benzene rings is 1. The summed E-state index contributed by atoms with van der Waals surface area (Å²) in [7, 11) is 2.20. The van der Waals surface area contributed by atoms with E-state index in [0.29, 0.717) is 5.92 Å². The molecule has 1 aliphatic carbocycles. The number of likely N-dealkylation sites (N-methyl/N-ethyl adjacent to an activating group) is 1. The zero-order valence-electron chi connectivity index (χ0n) is 17.3. The second-order valence-corrected chi connectivity index (χ2v) is 9.65. The summed E-state index contributed by atoms with van der Waals surface area (Å²) in [5, 5.41) is 11.8. The maximum atomic E-state index is 11.8. The van der Waals surface area contributed by atoms with E-state index in [4.69, 9.17) is 0 Å². The van der Waals surface area contributed by atoms with Crippen molar-refractivity contribution in [2.75, 3.05) is 39.8 Å². The van der Waals surface area contributed by atoms with Gasteiger partial charge in [0.05, 0.1) is 5.60 Å². The molecule has 1 aliphatic heterocycles. The van der Waals surface area contributed by atoms with Crippen LogP contribution in [0.25, 0.3) is 0 Å². The molecular weight excluding hydrogens is 320 g/mol. The van der Waals surface area contributed by atoms with Crippen LogP contribution in [0.15, 0.2) is 24.3 Å². The van der Waals surface area contributed by atoms with Crippen LogP contribution in [0, 0.1) is 5.92 Å². The maximum absolute atomic E-state index is 11.8. The van der Waals surface area contributed by atoms with E-state index >= 15 is 0 Å². The Morgan fingerprint density at radius 1 is 1.00 bits per heavy atom. The zero-order valence-corrected chi connectivity index (χ0v) is 17.3. The second-order valence-electron chi connectivity index (χ2n) is 9.65. The molecule has 2 aliphatic rings. The molecule has 0 bridgehead atoms. The molecule has 2 fully saturated rings. The quantitative estimate of drug-likeness (QED) is 0.828. The van der Waals surface area contributed by atoms with Crippen LogP contribution in [0.3, 0.4) is 0 Å². The first kappa shape index (κ1) is 19.9. The average molecular weight is 359 g/mol. The van der Waals surface area contributed by atoms with Crippen LogP contribution in [-0.4, -0.2) is 54.7 Å². The fourth-order valence-corrected chi connectivity index (χ4v) is 4.63. The fraction of sp³-hybridized carbons (Fsp3) is 0.739. The second kappa shape index (κ2) is 8.00. The molecule has 1 N–H and O–H groups in total. The van der Waals surface area contributed by atoms with Gasteiger partial charge in [-0.3, -0.25) is 0 Å². The molecule has 3 nitrogen and oxygen atoms in total. The Bertz CT molecular complexity index is 569. The SMILES string of the molecule is CN1CCN(CC2CCCCCC2(O)c2ccc(C(C)(C)C)cc2)CC1. The van der Waals surface area contributed by atoms with Crippen molar-refractivity contribution in [1.82, 2.24) is 9.80 Å². The smallest absolute Gasteiger partial charge is 0.0936 e. The lowest BCUT2D eigenvalue weighted by molar-refractivity contribution is -0.0465. The molecule has 1 saturated carbocycles. The van der Waals surface area contributed by atoms with E-state index < -0.39 is 5.60 Å². The minimum Gasteiger partial charge on any atom is -0.385 e. The molecule has 1 aromatic carbocycles. The zero-order chi connectivity index (χ0) is 18.8. The van der Waals surface area contributed by atoms with Gasteiger partial charge in [-0.15, -0.1) is 0 Å². The van der Waals surface area contributed by atoms with Crippen molar-refractivity contribution in [3.8, 4) is 0 Å². The highest BCUT2D eigenvalue weighted by atomic mass is 16.3. The Morgan fingerprint density at radius 2 is 1.65 bits per heavy atom. The van der Waals surface area contributed by atoms with Gasteiger partial charge in [0.25, 0.3) is 0 Å².